The van der Waals surface area contributed by atoms with Gasteiger partial charge >= 0.3 is 5.97 Å². The molecule has 1 heterocycles. The Morgan fingerprint density at radius 2 is 1.74 bits per heavy atom. The first kappa shape index (κ1) is 20.4. The molecule has 1 aliphatic heterocycles. The Morgan fingerprint density at radius 3 is 2.26 bits per heavy atom. The lowest BCUT2D eigenvalue weighted by molar-refractivity contribution is -0.134. The molecule has 2 aromatic rings. The highest BCUT2D eigenvalue weighted by Gasteiger charge is 2.42. The maximum Gasteiger partial charge on any atom is 0.313 e. The molecule has 142 valence electrons. The van der Waals surface area contributed by atoms with Crippen molar-refractivity contribution in [3.05, 3.63) is 69.7 Å². The number of hydrogen-bond acceptors (Lipinski definition) is 4. The molecule has 0 unspecified atom stereocenters. The fourth-order valence-corrected chi connectivity index (χ4v) is 5.61. The SMILES string of the molecule is O=C(O)CS[C@@H](C[C@]1(c2ccc(Cl)cc2)NC(=O)CS1)c1ccc(Cl)cc1. The Kier molecular flexibility index (Phi) is 6.63. The van der Waals surface area contributed by atoms with Gasteiger partial charge in [-0.15, -0.1) is 23.5 Å². The van der Waals surface area contributed by atoms with Crippen molar-refractivity contribution in [3.8, 4) is 0 Å². The molecule has 2 N–H and O–H groups in total. The predicted molar refractivity (Wildman–Crippen MR) is 113 cm³/mol. The molecule has 0 radical (unpaired) electrons. The van der Waals surface area contributed by atoms with E-state index >= 15 is 0 Å². The molecule has 0 spiro atoms. The lowest BCUT2D eigenvalue weighted by Gasteiger charge is -2.33. The van der Waals surface area contributed by atoms with E-state index in [1.54, 1.807) is 24.3 Å². The summed E-state index contributed by atoms with van der Waals surface area (Å²) in [7, 11) is 0. The summed E-state index contributed by atoms with van der Waals surface area (Å²) in [5.74, 6) is -0.571. The zero-order chi connectivity index (χ0) is 19.4. The summed E-state index contributed by atoms with van der Waals surface area (Å²) in [5, 5.41) is 13.4. The molecule has 1 saturated heterocycles. The molecule has 2 atom stereocenters. The Morgan fingerprint density at radius 1 is 1.15 bits per heavy atom. The minimum atomic E-state index is -0.873. The van der Waals surface area contributed by atoms with Gasteiger partial charge in [0.25, 0.3) is 0 Å². The second kappa shape index (κ2) is 8.78. The van der Waals surface area contributed by atoms with Gasteiger partial charge in [-0.1, -0.05) is 47.5 Å². The Labute approximate surface area is 176 Å². The van der Waals surface area contributed by atoms with Crippen LogP contribution in [0.15, 0.2) is 48.5 Å². The Balaban J connectivity index is 1.94. The van der Waals surface area contributed by atoms with Gasteiger partial charge in [0, 0.05) is 21.7 Å². The predicted octanol–water partition coefficient (Wildman–Crippen LogP) is 4.96. The van der Waals surface area contributed by atoms with Gasteiger partial charge in [-0.05, 0) is 35.4 Å². The fraction of sp³-hybridized carbons (Fsp3) is 0.263. The molecule has 0 aliphatic carbocycles. The zero-order valence-corrected chi connectivity index (χ0v) is 17.3. The van der Waals surface area contributed by atoms with E-state index in [4.69, 9.17) is 28.3 Å². The number of thioether (sulfide) groups is 2. The van der Waals surface area contributed by atoms with E-state index in [1.807, 2.05) is 24.3 Å². The third-order valence-electron chi connectivity index (χ3n) is 4.22. The molecule has 8 heteroatoms. The maximum absolute atomic E-state index is 12.1. The molecule has 0 saturated carbocycles. The quantitative estimate of drug-likeness (QED) is 0.635. The number of rotatable bonds is 7. The van der Waals surface area contributed by atoms with Crippen LogP contribution in [-0.2, 0) is 14.5 Å². The average Bonchev–Trinajstić information content (AvgIpc) is 3.01. The first-order chi connectivity index (χ1) is 12.9. The molecule has 1 aliphatic rings. The lowest BCUT2D eigenvalue weighted by atomic mass is 9.97. The van der Waals surface area contributed by atoms with E-state index < -0.39 is 10.8 Å². The Hall–Kier alpha value is -1.34. The molecule has 0 bridgehead atoms. The number of aliphatic carboxylic acids is 1. The molecule has 4 nitrogen and oxygen atoms in total. The van der Waals surface area contributed by atoms with E-state index in [-0.39, 0.29) is 16.9 Å². The van der Waals surface area contributed by atoms with Crippen LogP contribution >= 0.6 is 46.7 Å². The van der Waals surface area contributed by atoms with Crippen LogP contribution in [0.2, 0.25) is 10.0 Å². The first-order valence-corrected chi connectivity index (χ1v) is 11.0. The number of nitrogens with one attached hydrogen (secondary N) is 1. The monoisotopic (exact) mass is 441 g/mol. The van der Waals surface area contributed by atoms with Crippen molar-refractivity contribution in [2.75, 3.05) is 11.5 Å². The molecule has 1 amide bonds. The minimum Gasteiger partial charge on any atom is -0.481 e. The summed E-state index contributed by atoms with van der Waals surface area (Å²) >= 11 is 14.9. The van der Waals surface area contributed by atoms with Crippen molar-refractivity contribution in [2.24, 2.45) is 0 Å². The summed E-state index contributed by atoms with van der Waals surface area (Å²) in [6, 6.07) is 14.8. The van der Waals surface area contributed by atoms with Crippen LogP contribution in [0.1, 0.15) is 22.8 Å². The second-order valence-corrected chi connectivity index (χ2v) is 9.46. The highest BCUT2D eigenvalue weighted by atomic mass is 35.5. The minimum absolute atomic E-state index is 0.0252. The van der Waals surface area contributed by atoms with Crippen LogP contribution in [0, 0.1) is 0 Å². The van der Waals surface area contributed by atoms with E-state index in [0.29, 0.717) is 22.2 Å². The summed E-state index contributed by atoms with van der Waals surface area (Å²) in [6.45, 7) is 0. The molecule has 27 heavy (non-hydrogen) atoms. The van der Waals surface area contributed by atoms with Crippen LogP contribution in [0.3, 0.4) is 0 Å². The van der Waals surface area contributed by atoms with Crippen LogP contribution in [0.5, 0.6) is 0 Å². The summed E-state index contributed by atoms with van der Waals surface area (Å²) in [4.78, 5) is 22.6. The van der Waals surface area contributed by atoms with Crippen molar-refractivity contribution in [2.45, 2.75) is 16.5 Å². The van der Waals surface area contributed by atoms with Gasteiger partial charge in [0.15, 0.2) is 0 Å². The lowest BCUT2D eigenvalue weighted by Crippen LogP contribution is -2.38. The molecule has 1 fully saturated rings. The van der Waals surface area contributed by atoms with E-state index in [0.717, 1.165) is 11.1 Å². The number of halogens is 2. The molecular weight excluding hydrogens is 425 g/mol. The Bertz CT molecular complexity index is 830. The number of amides is 1. The number of hydrogen-bond donors (Lipinski definition) is 2. The number of carboxylic acid groups (broad SMARTS) is 1. The number of carbonyl (C=O) groups is 2. The van der Waals surface area contributed by atoms with Crippen molar-refractivity contribution < 1.29 is 14.7 Å². The largest absolute Gasteiger partial charge is 0.481 e. The average molecular weight is 442 g/mol. The summed E-state index contributed by atoms with van der Waals surface area (Å²) < 4.78 is 0. The van der Waals surface area contributed by atoms with Crippen molar-refractivity contribution in [1.29, 1.82) is 0 Å². The third kappa shape index (κ3) is 5.13. The fourth-order valence-electron chi connectivity index (χ4n) is 2.97. The molecule has 3 rings (SSSR count). The van der Waals surface area contributed by atoms with Crippen LogP contribution in [0.4, 0.5) is 0 Å². The number of carbonyl (C=O) groups excluding carboxylic acids is 1. The second-order valence-electron chi connectivity index (χ2n) is 6.12. The number of carboxylic acids is 1. The van der Waals surface area contributed by atoms with E-state index in [9.17, 15) is 9.59 Å². The first-order valence-electron chi connectivity index (χ1n) is 8.18. The summed E-state index contributed by atoms with van der Waals surface area (Å²) in [6.07, 6.45) is 0.546. The smallest absolute Gasteiger partial charge is 0.313 e. The van der Waals surface area contributed by atoms with Gasteiger partial charge < -0.3 is 10.4 Å². The van der Waals surface area contributed by atoms with Gasteiger partial charge in [-0.25, -0.2) is 0 Å². The number of benzene rings is 2. The highest BCUT2D eigenvalue weighted by molar-refractivity contribution is 8.01. The zero-order valence-electron chi connectivity index (χ0n) is 14.2. The molecule has 0 aromatic heterocycles. The topological polar surface area (TPSA) is 66.4 Å². The third-order valence-corrected chi connectivity index (χ3v) is 7.39. The normalized spacial score (nSPS) is 20.3. The molecule has 2 aromatic carbocycles. The van der Waals surface area contributed by atoms with Gasteiger partial charge in [-0.2, -0.15) is 0 Å². The van der Waals surface area contributed by atoms with E-state index in [1.165, 1.54) is 23.5 Å². The van der Waals surface area contributed by atoms with Gasteiger partial charge in [0.2, 0.25) is 5.91 Å². The van der Waals surface area contributed by atoms with Crippen molar-refractivity contribution >= 4 is 58.6 Å². The highest BCUT2D eigenvalue weighted by Crippen LogP contribution is 2.48. The summed E-state index contributed by atoms with van der Waals surface area (Å²) in [5.41, 5.74) is 1.92. The van der Waals surface area contributed by atoms with Gasteiger partial charge in [0.05, 0.1) is 11.5 Å². The van der Waals surface area contributed by atoms with Crippen LogP contribution in [-0.4, -0.2) is 28.5 Å². The maximum atomic E-state index is 12.1. The molecular formula is C19H17Cl2NO3S2. The van der Waals surface area contributed by atoms with Crippen molar-refractivity contribution in [3.63, 3.8) is 0 Å². The van der Waals surface area contributed by atoms with Gasteiger partial charge in [0.1, 0.15) is 4.87 Å². The van der Waals surface area contributed by atoms with Crippen LogP contribution in [0.25, 0.3) is 0 Å². The van der Waals surface area contributed by atoms with Crippen molar-refractivity contribution in [1.82, 2.24) is 5.32 Å². The standard InChI is InChI=1S/C19H17Cl2NO3S2/c20-14-5-1-12(2-6-14)16(26-11-18(24)25)9-19(22-17(23)10-27-19)13-3-7-15(21)8-4-13/h1-8,16H,9-11H2,(H,22,23)(H,24,25)/t16-,19-/m0/s1. The van der Waals surface area contributed by atoms with Crippen LogP contribution < -0.4 is 5.32 Å². The van der Waals surface area contributed by atoms with Gasteiger partial charge in [-0.3, -0.25) is 9.59 Å². The van der Waals surface area contributed by atoms with E-state index in [2.05, 4.69) is 5.32 Å².